The smallest absolute Gasteiger partial charge is 0.388 e. The Morgan fingerprint density at radius 2 is 2.03 bits per heavy atom. The minimum absolute atomic E-state index is 0.0464. The van der Waals surface area contributed by atoms with E-state index in [1.807, 2.05) is 13.1 Å². The van der Waals surface area contributed by atoms with Crippen LogP contribution in [0.3, 0.4) is 0 Å². The molecule has 0 radical (unpaired) electrons. The third kappa shape index (κ3) is 3.54. The SMILES string of the molecule is Cc1cnc2c(C(=O)NC3(c4ccc(C(F)(F)F)cc4)CCOCC3O)ccn2c1. The van der Waals surface area contributed by atoms with Crippen molar-refractivity contribution >= 4 is 11.6 Å². The zero-order valence-electron chi connectivity index (χ0n) is 16.1. The van der Waals surface area contributed by atoms with E-state index in [2.05, 4.69) is 10.3 Å². The minimum Gasteiger partial charge on any atom is -0.388 e. The van der Waals surface area contributed by atoms with Crippen molar-refractivity contribution in [3.05, 3.63) is 71.2 Å². The summed E-state index contributed by atoms with van der Waals surface area (Å²) >= 11 is 0. The summed E-state index contributed by atoms with van der Waals surface area (Å²) in [4.78, 5) is 17.4. The number of amides is 1. The van der Waals surface area contributed by atoms with Gasteiger partial charge in [-0.1, -0.05) is 12.1 Å². The lowest BCUT2D eigenvalue weighted by atomic mass is 9.80. The van der Waals surface area contributed by atoms with Gasteiger partial charge < -0.3 is 19.6 Å². The Kier molecular flexibility index (Phi) is 5.03. The number of aliphatic hydroxyl groups excluding tert-OH is 1. The van der Waals surface area contributed by atoms with E-state index in [1.54, 1.807) is 22.9 Å². The van der Waals surface area contributed by atoms with Gasteiger partial charge in [-0.15, -0.1) is 0 Å². The fraction of sp³-hybridized carbons (Fsp3) is 0.333. The Bertz CT molecular complexity index is 1080. The molecule has 158 valence electrons. The summed E-state index contributed by atoms with van der Waals surface area (Å²) in [5.41, 5.74) is -0.0223. The van der Waals surface area contributed by atoms with Crippen molar-refractivity contribution in [1.82, 2.24) is 14.7 Å². The molecule has 0 bridgehead atoms. The lowest BCUT2D eigenvalue weighted by Crippen LogP contribution is -2.58. The number of aromatic nitrogens is 2. The van der Waals surface area contributed by atoms with E-state index in [1.165, 1.54) is 12.1 Å². The van der Waals surface area contributed by atoms with Crippen LogP contribution in [0.2, 0.25) is 0 Å². The maximum Gasteiger partial charge on any atom is 0.416 e. The number of hydrogen-bond acceptors (Lipinski definition) is 4. The summed E-state index contributed by atoms with van der Waals surface area (Å²) in [6, 6.07) is 6.09. The maximum absolute atomic E-state index is 13.1. The van der Waals surface area contributed by atoms with Crippen molar-refractivity contribution in [3.8, 4) is 0 Å². The molecule has 30 heavy (non-hydrogen) atoms. The Balaban J connectivity index is 1.71. The minimum atomic E-state index is -4.47. The van der Waals surface area contributed by atoms with Gasteiger partial charge in [0.25, 0.3) is 5.91 Å². The molecule has 2 N–H and O–H groups in total. The molecule has 1 aliphatic rings. The second-order valence-electron chi connectivity index (χ2n) is 7.43. The van der Waals surface area contributed by atoms with Gasteiger partial charge >= 0.3 is 6.18 Å². The molecule has 1 saturated heterocycles. The number of benzene rings is 1. The summed E-state index contributed by atoms with van der Waals surface area (Å²) < 4.78 is 45.9. The Morgan fingerprint density at radius 3 is 2.70 bits per heavy atom. The molecule has 3 heterocycles. The third-order valence-electron chi connectivity index (χ3n) is 5.41. The van der Waals surface area contributed by atoms with Crippen LogP contribution in [-0.2, 0) is 16.5 Å². The van der Waals surface area contributed by atoms with Gasteiger partial charge in [-0.3, -0.25) is 4.79 Å². The van der Waals surface area contributed by atoms with Crippen LogP contribution in [-0.4, -0.2) is 39.7 Å². The molecule has 9 heteroatoms. The van der Waals surface area contributed by atoms with Crippen LogP contribution in [0.15, 0.2) is 48.9 Å². The van der Waals surface area contributed by atoms with Crippen LogP contribution in [0.5, 0.6) is 0 Å². The number of nitrogens with one attached hydrogen (secondary N) is 1. The molecule has 3 aromatic rings. The molecule has 1 aliphatic heterocycles. The second-order valence-corrected chi connectivity index (χ2v) is 7.43. The molecule has 1 amide bonds. The molecule has 4 rings (SSSR count). The number of hydrogen-bond donors (Lipinski definition) is 2. The van der Waals surface area contributed by atoms with E-state index in [9.17, 15) is 23.1 Å². The van der Waals surface area contributed by atoms with Crippen molar-refractivity contribution in [2.24, 2.45) is 0 Å². The molecule has 0 aliphatic carbocycles. The summed E-state index contributed by atoms with van der Waals surface area (Å²) in [5, 5.41) is 13.6. The van der Waals surface area contributed by atoms with Gasteiger partial charge in [-0.05, 0) is 36.2 Å². The average molecular weight is 419 g/mol. The third-order valence-corrected chi connectivity index (χ3v) is 5.41. The first-order valence-electron chi connectivity index (χ1n) is 9.40. The maximum atomic E-state index is 13.1. The topological polar surface area (TPSA) is 75.9 Å². The second kappa shape index (κ2) is 7.41. The van der Waals surface area contributed by atoms with E-state index in [0.29, 0.717) is 16.8 Å². The largest absolute Gasteiger partial charge is 0.416 e. The Labute approximate surface area is 170 Å². The number of fused-ring (bicyclic) bond motifs is 1. The zero-order chi connectivity index (χ0) is 21.5. The molecular weight excluding hydrogens is 399 g/mol. The van der Waals surface area contributed by atoms with Gasteiger partial charge in [0.1, 0.15) is 11.8 Å². The number of alkyl halides is 3. The first-order valence-corrected chi connectivity index (χ1v) is 9.40. The summed E-state index contributed by atoms with van der Waals surface area (Å²) in [6.45, 7) is 2.08. The number of nitrogens with zero attached hydrogens (tertiary/aromatic N) is 2. The van der Waals surface area contributed by atoms with E-state index >= 15 is 0 Å². The van der Waals surface area contributed by atoms with Crippen LogP contribution in [0.1, 0.15) is 33.5 Å². The highest BCUT2D eigenvalue weighted by Gasteiger charge is 2.44. The van der Waals surface area contributed by atoms with E-state index in [4.69, 9.17) is 4.74 Å². The Hall–Kier alpha value is -2.91. The number of ether oxygens (including phenoxy) is 1. The van der Waals surface area contributed by atoms with Gasteiger partial charge in [0.15, 0.2) is 0 Å². The lowest BCUT2D eigenvalue weighted by molar-refractivity contribution is -0.137. The van der Waals surface area contributed by atoms with Crippen LogP contribution < -0.4 is 5.32 Å². The molecular formula is C21H20F3N3O3. The van der Waals surface area contributed by atoms with Gasteiger partial charge in [0.05, 0.1) is 23.3 Å². The number of halogens is 3. The number of rotatable bonds is 3. The standard InChI is InChI=1S/C21H20F3N3O3/c1-13-10-25-18-16(6-8-27(18)11-13)19(29)26-20(7-9-30-12-17(20)28)14-2-4-15(5-3-14)21(22,23)24/h2-6,8,10-11,17,28H,7,9,12H2,1H3,(H,26,29). The number of carbonyl (C=O) groups excluding carboxylic acids is 1. The molecule has 1 aromatic carbocycles. The predicted molar refractivity (Wildman–Crippen MR) is 102 cm³/mol. The normalized spacial score (nSPS) is 22.2. The molecule has 0 spiro atoms. The van der Waals surface area contributed by atoms with Crippen LogP contribution in [0.25, 0.3) is 5.65 Å². The average Bonchev–Trinajstić information content (AvgIpc) is 3.12. The van der Waals surface area contributed by atoms with E-state index in [-0.39, 0.29) is 19.6 Å². The summed E-state index contributed by atoms with van der Waals surface area (Å²) in [6.07, 6.45) is -0.219. The van der Waals surface area contributed by atoms with Crippen molar-refractivity contribution < 1.29 is 27.8 Å². The van der Waals surface area contributed by atoms with E-state index < -0.39 is 29.3 Å². The van der Waals surface area contributed by atoms with Gasteiger partial charge in [0, 0.05) is 31.6 Å². The first kappa shape index (κ1) is 20.4. The summed E-state index contributed by atoms with van der Waals surface area (Å²) in [5.74, 6) is -0.477. The molecule has 0 saturated carbocycles. The molecule has 2 unspecified atom stereocenters. The van der Waals surface area contributed by atoms with Gasteiger partial charge in [-0.2, -0.15) is 13.2 Å². The number of aliphatic hydroxyl groups is 1. The fourth-order valence-corrected chi connectivity index (χ4v) is 3.79. The van der Waals surface area contributed by atoms with Crippen molar-refractivity contribution in [1.29, 1.82) is 0 Å². The molecule has 2 atom stereocenters. The lowest BCUT2D eigenvalue weighted by Gasteiger charge is -2.42. The molecule has 1 fully saturated rings. The van der Waals surface area contributed by atoms with E-state index in [0.717, 1.165) is 17.7 Å². The highest BCUT2D eigenvalue weighted by Crippen LogP contribution is 2.36. The fourth-order valence-electron chi connectivity index (χ4n) is 3.79. The van der Waals surface area contributed by atoms with Gasteiger partial charge in [-0.25, -0.2) is 4.98 Å². The molecule has 2 aromatic heterocycles. The Morgan fingerprint density at radius 1 is 1.30 bits per heavy atom. The quantitative estimate of drug-likeness (QED) is 0.684. The number of aryl methyl sites for hydroxylation is 1. The summed E-state index contributed by atoms with van der Waals surface area (Å²) in [7, 11) is 0. The predicted octanol–water partition coefficient (Wildman–Crippen LogP) is 3.07. The molecule has 6 nitrogen and oxygen atoms in total. The number of carbonyl (C=O) groups is 1. The van der Waals surface area contributed by atoms with Crippen molar-refractivity contribution in [2.45, 2.75) is 31.2 Å². The zero-order valence-corrected chi connectivity index (χ0v) is 16.1. The van der Waals surface area contributed by atoms with Crippen LogP contribution in [0, 0.1) is 6.92 Å². The van der Waals surface area contributed by atoms with Crippen LogP contribution >= 0.6 is 0 Å². The van der Waals surface area contributed by atoms with Crippen molar-refractivity contribution in [3.63, 3.8) is 0 Å². The monoisotopic (exact) mass is 419 g/mol. The van der Waals surface area contributed by atoms with Crippen molar-refractivity contribution in [2.75, 3.05) is 13.2 Å². The van der Waals surface area contributed by atoms with Crippen LogP contribution in [0.4, 0.5) is 13.2 Å². The first-order chi connectivity index (χ1) is 14.2. The highest BCUT2D eigenvalue weighted by atomic mass is 19.4. The highest BCUT2D eigenvalue weighted by molar-refractivity contribution is 6.00. The van der Waals surface area contributed by atoms with Gasteiger partial charge in [0.2, 0.25) is 0 Å².